The van der Waals surface area contributed by atoms with Gasteiger partial charge in [0.1, 0.15) is 0 Å². The van der Waals surface area contributed by atoms with E-state index in [0.29, 0.717) is 0 Å². The molecule has 19 heavy (non-hydrogen) atoms. The summed E-state index contributed by atoms with van der Waals surface area (Å²) in [4.78, 5) is 9.04. The number of imidazole rings is 2. The zero-order valence-corrected chi connectivity index (χ0v) is 11.3. The average molecular weight is 255 g/mol. The SMILES string of the molecule is Cn1ccnc1[B-](C)(c1nccn1C)n1cccn1. The third-order valence-electron chi connectivity index (χ3n) is 3.78. The summed E-state index contributed by atoms with van der Waals surface area (Å²) in [6.45, 7) is 2.14. The summed E-state index contributed by atoms with van der Waals surface area (Å²) in [5, 5.41) is 4.42. The highest BCUT2D eigenvalue weighted by Gasteiger charge is 2.33. The summed E-state index contributed by atoms with van der Waals surface area (Å²) in [5.41, 5.74) is 1.91. The Morgan fingerprint density at radius 3 is 1.84 bits per heavy atom. The number of nitrogens with zero attached hydrogens (tertiary/aromatic N) is 6. The standard InChI is InChI=1S/C12H16BN6/c1-13(19-8-4-5-16-19,11-14-6-9-17(11)2)12-15-7-10-18(12)3/h4-10H,1-3H3/q-1. The van der Waals surface area contributed by atoms with Crippen LogP contribution in [0.1, 0.15) is 0 Å². The highest BCUT2D eigenvalue weighted by molar-refractivity contribution is 6.98. The molecule has 3 rings (SSSR count). The number of rotatable bonds is 3. The van der Waals surface area contributed by atoms with Crippen molar-refractivity contribution in [3.63, 3.8) is 0 Å². The summed E-state index contributed by atoms with van der Waals surface area (Å²) >= 11 is 0. The van der Waals surface area contributed by atoms with Gasteiger partial charge in [0.25, 0.3) is 0 Å². The Morgan fingerprint density at radius 2 is 1.47 bits per heavy atom. The second-order valence-electron chi connectivity index (χ2n) is 5.02. The van der Waals surface area contributed by atoms with Crippen LogP contribution in [0.3, 0.4) is 0 Å². The van der Waals surface area contributed by atoms with Crippen LogP contribution in [0.5, 0.6) is 0 Å². The Balaban J connectivity index is 2.29. The van der Waals surface area contributed by atoms with Gasteiger partial charge in [0.2, 0.25) is 6.28 Å². The highest BCUT2D eigenvalue weighted by atomic mass is 15.3. The van der Waals surface area contributed by atoms with E-state index in [1.165, 1.54) is 0 Å². The van der Waals surface area contributed by atoms with Crippen LogP contribution in [0.25, 0.3) is 0 Å². The molecule has 0 fully saturated rings. The van der Waals surface area contributed by atoms with Gasteiger partial charge in [0, 0.05) is 45.1 Å². The van der Waals surface area contributed by atoms with Crippen molar-refractivity contribution in [2.75, 3.05) is 0 Å². The Labute approximate surface area is 111 Å². The fourth-order valence-electron chi connectivity index (χ4n) is 2.78. The monoisotopic (exact) mass is 255 g/mol. The van der Waals surface area contributed by atoms with Crippen molar-refractivity contribution in [2.45, 2.75) is 6.82 Å². The van der Waals surface area contributed by atoms with Crippen LogP contribution in [-0.2, 0) is 14.1 Å². The molecule has 0 atom stereocenters. The first kappa shape index (κ1) is 11.8. The van der Waals surface area contributed by atoms with Gasteiger partial charge in [-0.1, -0.05) is 0 Å². The maximum atomic E-state index is 4.52. The molecule has 0 unspecified atom stereocenters. The molecule has 3 aromatic rings. The number of hydrogen-bond acceptors (Lipinski definition) is 3. The van der Waals surface area contributed by atoms with Crippen LogP contribution in [-0.4, -0.2) is 35.1 Å². The van der Waals surface area contributed by atoms with Crippen LogP contribution >= 0.6 is 0 Å². The lowest BCUT2D eigenvalue weighted by atomic mass is 9.35. The van der Waals surface area contributed by atoms with Crippen molar-refractivity contribution in [1.82, 2.24) is 28.8 Å². The minimum Gasteiger partial charge on any atom is -0.430 e. The number of aryl methyl sites for hydroxylation is 2. The van der Waals surface area contributed by atoms with E-state index in [4.69, 9.17) is 0 Å². The minimum absolute atomic E-state index is 0.956. The molecule has 0 saturated heterocycles. The molecular formula is C12H16BN6-. The molecule has 6 nitrogen and oxygen atoms in total. The van der Waals surface area contributed by atoms with E-state index < -0.39 is 6.28 Å². The molecule has 7 heteroatoms. The number of hydrogen-bond donors (Lipinski definition) is 0. The van der Waals surface area contributed by atoms with Crippen molar-refractivity contribution in [2.24, 2.45) is 14.1 Å². The van der Waals surface area contributed by atoms with E-state index in [1.54, 1.807) is 6.20 Å². The Hall–Kier alpha value is -2.31. The van der Waals surface area contributed by atoms with E-state index >= 15 is 0 Å². The molecule has 0 aliphatic rings. The molecule has 0 aliphatic carbocycles. The molecule has 0 radical (unpaired) electrons. The smallest absolute Gasteiger partial charge is 0.237 e. The fourth-order valence-corrected chi connectivity index (χ4v) is 2.78. The lowest BCUT2D eigenvalue weighted by Gasteiger charge is -2.36. The lowest BCUT2D eigenvalue weighted by molar-refractivity contribution is 0.877. The summed E-state index contributed by atoms with van der Waals surface area (Å²) in [6, 6.07) is 1.92. The molecule has 0 amide bonds. The average Bonchev–Trinajstić information content (AvgIpc) is 3.08. The topological polar surface area (TPSA) is 53.5 Å². The lowest BCUT2D eigenvalue weighted by Crippen LogP contribution is -2.67. The molecule has 0 N–H and O–H groups in total. The Bertz CT molecular complexity index is 640. The number of aromatic nitrogens is 6. The first-order chi connectivity index (χ1) is 9.14. The predicted octanol–water partition coefficient (Wildman–Crippen LogP) is -0.412. The van der Waals surface area contributed by atoms with Gasteiger partial charge in [0.15, 0.2) is 0 Å². The zero-order chi connectivity index (χ0) is 13.5. The van der Waals surface area contributed by atoms with E-state index in [-0.39, 0.29) is 0 Å². The summed E-state index contributed by atoms with van der Waals surface area (Å²) < 4.78 is 6.00. The fraction of sp³-hybridized carbons (Fsp3) is 0.250. The molecular weight excluding hydrogens is 239 g/mol. The zero-order valence-electron chi connectivity index (χ0n) is 11.3. The van der Waals surface area contributed by atoms with Gasteiger partial charge >= 0.3 is 0 Å². The van der Waals surface area contributed by atoms with E-state index in [9.17, 15) is 0 Å². The van der Waals surface area contributed by atoms with Gasteiger partial charge in [-0.15, -0.1) is 0 Å². The van der Waals surface area contributed by atoms with Crippen LogP contribution in [0.15, 0.2) is 43.2 Å². The predicted molar refractivity (Wildman–Crippen MR) is 74.9 cm³/mol. The van der Waals surface area contributed by atoms with Crippen LogP contribution in [0.4, 0.5) is 0 Å². The summed E-state index contributed by atoms with van der Waals surface area (Å²) in [6.07, 6.45) is 9.92. The van der Waals surface area contributed by atoms with Gasteiger partial charge in [-0.25, -0.2) is 5.10 Å². The van der Waals surface area contributed by atoms with E-state index in [1.807, 2.05) is 64.9 Å². The molecule has 0 spiro atoms. The highest BCUT2D eigenvalue weighted by Crippen LogP contribution is 2.05. The van der Waals surface area contributed by atoms with Crippen molar-refractivity contribution < 1.29 is 0 Å². The summed E-state index contributed by atoms with van der Waals surface area (Å²) in [7, 11) is 3.99. The molecule has 0 aromatic carbocycles. The largest absolute Gasteiger partial charge is 0.430 e. The van der Waals surface area contributed by atoms with Gasteiger partial charge in [-0.05, 0) is 23.7 Å². The molecule has 0 bridgehead atoms. The van der Waals surface area contributed by atoms with Crippen LogP contribution < -0.4 is 11.4 Å². The summed E-state index contributed by atoms with van der Waals surface area (Å²) in [5.74, 6) is 0. The Kier molecular flexibility index (Phi) is 2.55. The van der Waals surface area contributed by atoms with E-state index in [0.717, 1.165) is 11.4 Å². The second kappa shape index (κ2) is 4.12. The minimum atomic E-state index is -1.33. The van der Waals surface area contributed by atoms with Crippen molar-refractivity contribution >= 4 is 17.7 Å². The maximum absolute atomic E-state index is 4.52. The third kappa shape index (κ3) is 1.61. The first-order valence-electron chi connectivity index (χ1n) is 6.28. The van der Waals surface area contributed by atoms with Crippen LogP contribution in [0.2, 0.25) is 6.82 Å². The normalized spacial score (nSPS) is 11.9. The van der Waals surface area contributed by atoms with Crippen molar-refractivity contribution in [1.29, 1.82) is 0 Å². The maximum Gasteiger partial charge on any atom is 0.237 e. The molecule has 0 saturated carbocycles. The van der Waals surface area contributed by atoms with Crippen molar-refractivity contribution in [3.05, 3.63) is 43.2 Å². The Morgan fingerprint density at radius 1 is 0.895 bits per heavy atom. The van der Waals surface area contributed by atoms with Crippen LogP contribution in [0, 0.1) is 0 Å². The third-order valence-corrected chi connectivity index (χ3v) is 3.78. The van der Waals surface area contributed by atoms with Gasteiger partial charge in [-0.3, -0.25) is 9.97 Å². The van der Waals surface area contributed by atoms with Gasteiger partial charge in [-0.2, -0.15) is 6.82 Å². The second-order valence-corrected chi connectivity index (χ2v) is 5.02. The van der Waals surface area contributed by atoms with Gasteiger partial charge < -0.3 is 13.7 Å². The molecule has 0 aliphatic heterocycles. The van der Waals surface area contributed by atoms with Gasteiger partial charge in [0.05, 0.1) is 0 Å². The molecule has 3 aromatic heterocycles. The first-order valence-corrected chi connectivity index (χ1v) is 6.28. The quantitative estimate of drug-likeness (QED) is 0.598. The molecule has 98 valence electrons. The van der Waals surface area contributed by atoms with Crippen molar-refractivity contribution in [3.8, 4) is 0 Å². The molecule has 3 heterocycles. The van der Waals surface area contributed by atoms with E-state index in [2.05, 4.69) is 21.9 Å².